The van der Waals surface area contributed by atoms with Crippen molar-refractivity contribution in [1.29, 1.82) is 0 Å². The Morgan fingerprint density at radius 3 is 2.32 bits per heavy atom. The minimum atomic E-state index is -5.08. The monoisotopic (exact) mass is 559 g/mol. The number of morpholine rings is 1. The van der Waals surface area contributed by atoms with Crippen molar-refractivity contribution in [2.45, 2.75) is 25.1 Å². The van der Waals surface area contributed by atoms with Crippen molar-refractivity contribution in [3.8, 4) is 5.75 Å². The minimum Gasteiger partial charge on any atom is -0.493 e. The summed E-state index contributed by atoms with van der Waals surface area (Å²) in [7, 11) is -3.54. The molecule has 0 spiro atoms. The molecule has 0 radical (unpaired) electrons. The van der Waals surface area contributed by atoms with Gasteiger partial charge in [0.05, 0.1) is 19.8 Å². The molecule has 9 nitrogen and oxygen atoms in total. The van der Waals surface area contributed by atoms with E-state index in [4.69, 9.17) is 25.1 Å². The summed E-state index contributed by atoms with van der Waals surface area (Å²) in [5.74, 6) is -1.76. The molecule has 0 aliphatic carbocycles. The number of ether oxygens (including phenoxy) is 2. The molecular formula is C25H32F3N3O6S. The van der Waals surface area contributed by atoms with E-state index in [2.05, 4.69) is 12.1 Å². The molecule has 0 aromatic heterocycles. The van der Waals surface area contributed by atoms with Gasteiger partial charge in [-0.1, -0.05) is 42.5 Å². The van der Waals surface area contributed by atoms with Crippen LogP contribution in [-0.4, -0.2) is 80.3 Å². The summed E-state index contributed by atoms with van der Waals surface area (Å²) in [4.78, 5) is 8.90. The van der Waals surface area contributed by atoms with Crippen LogP contribution >= 0.6 is 0 Å². The lowest BCUT2D eigenvalue weighted by atomic mass is 9.86. The Bertz CT molecular complexity index is 1140. The van der Waals surface area contributed by atoms with Crippen LogP contribution in [0.4, 0.5) is 13.2 Å². The number of hydrogen-bond acceptors (Lipinski definition) is 6. The number of nitrogens with two attached hydrogens (primary N) is 1. The van der Waals surface area contributed by atoms with Crippen LogP contribution in [-0.2, 0) is 26.3 Å². The molecule has 4 rings (SSSR count). The Kier molecular flexibility index (Phi) is 10.5. The van der Waals surface area contributed by atoms with Crippen molar-refractivity contribution in [2.75, 3.05) is 46.0 Å². The highest BCUT2D eigenvalue weighted by Crippen LogP contribution is 2.33. The van der Waals surface area contributed by atoms with Crippen molar-refractivity contribution in [3.05, 3.63) is 65.7 Å². The van der Waals surface area contributed by atoms with E-state index in [-0.39, 0.29) is 11.8 Å². The third-order valence-electron chi connectivity index (χ3n) is 6.26. The fraction of sp³-hybridized carbons (Fsp3) is 0.480. The first-order valence-electron chi connectivity index (χ1n) is 12.1. The van der Waals surface area contributed by atoms with Crippen LogP contribution in [0.15, 0.2) is 54.6 Å². The quantitative estimate of drug-likeness (QED) is 0.535. The first kappa shape index (κ1) is 29.8. The summed E-state index contributed by atoms with van der Waals surface area (Å²) in [5, 5.41) is 7.12. The SMILES string of the molecule is NCc1cccc(OC[C@H]2C[C@@H](c3ccccc3)CN(S(=O)(=O)N3CCOCC3)C2)c1.O=C(O)C(F)(F)F. The maximum Gasteiger partial charge on any atom is 0.490 e. The molecule has 2 heterocycles. The predicted octanol–water partition coefficient (Wildman–Crippen LogP) is 2.84. The average molecular weight is 560 g/mol. The molecule has 210 valence electrons. The van der Waals surface area contributed by atoms with E-state index in [0.29, 0.717) is 52.5 Å². The van der Waals surface area contributed by atoms with Gasteiger partial charge in [-0.15, -0.1) is 0 Å². The minimum absolute atomic E-state index is 0.0938. The summed E-state index contributed by atoms with van der Waals surface area (Å²) < 4.78 is 73.1. The molecule has 0 unspecified atom stereocenters. The first-order chi connectivity index (χ1) is 18.0. The van der Waals surface area contributed by atoms with Gasteiger partial charge in [-0.3, -0.25) is 0 Å². The molecule has 3 N–H and O–H groups in total. The van der Waals surface area contributed by atoms with Gasteiger partial charge in [0.1, 0.15) is 5.75 Å². The third kappa shape index (κ3) is 8.40. The molecule has 2 atom stereocenters. The van der Waals surface area contributed by atoms with Gasteiger partial charge < -0.3 is 20.3 Å². The topological polar surface area (TPSA) is 122 Å². The molecule has 38 heavy (non-hydrogen) atoms. The second kappa shape index (κ2) is 13.4. The van der Waals surface area contributed by atoms with Gasteiger partial charge in [0.15, 0.2) is 0 Å². The molecule has 13 heteroatoms. The molecule has 2 aromatic carbocycles. The maximum absolute atomic E-state index is 13.4. The molecular weight excluding hydrogens is 527 g/mol. The van der Waals surface area contributed by atoms with Crippen LogP contribution in [0.2, 0.25) is 0 Å². The largest absolute Gasteiger partial charge is 0.493 e. The number of piperidine rings is 1. The number of halogens is 3. The summed E-state index contributed by atoms with van der Waals surface area (Å²) in [6, 6.07) is 17.9. The fourth-order valence-electron chi connectivity index (χ4n) is 4.35. The number of alkyl halides is 3. The Balaban J connectivity index is 0.000000505. The van der Waals surface area contributed by atoms with Gasteiger partial charge in [0.25, 0.3) is 10.2 Å². The lowest BCUT2D eigenvalue weighted by Crippen LogP contribution is -2.53. The molecule has 2 aliphatic rings. The van der Waals surface area contributed by atoms with Crippen LogP contribution in [0, 0.1) is 5.92 Å². The van der Waals surface area contributed by atoms with E-state index in [0.717, 1.165) is 17.7 Å². The van der Waals surface area contributed by atoms with Crippen LogP contribution in [0.3, 0.4) is 0 Å². The number of aliphatic carboxylic acids is 1. The van der Waals surface area contributed by atoms with Gasteiger partial charge in [-0.2, -0.15) is 30.2 Å². The van der Waals surface area contributed by atoms with E-state index in [1.165, 1.54) is 5.56 Å². The van der Waals surface area contributed by atoms with Crippen LogP contribution in [0.25, 0.3) is 0 Å². The van der Waals surface area contributed by atoms with Crippen molar-refractivity contribution in [3.63, 3.8) is 0 Å². The average Bonchev–Trinajstić information content (AvgIpc) is 2.92. The lowest BCUT2D eigenvalue weighted by Gasteiger charge is -2.40. The van der Waals surface area contributed by atoms with Gasteiger partial charge in [0, 0.05) is 38.6 Å². The van der Waals surface area contributed by atoms with Gasteiger partial charge in [-0.05, 0) is 35.6 Å². The highest BCUT2D eigenvalue weighted by Gasteiger charge is 2.39. The zero-order valence-corrected chi connectivity index (χ0v) is 21.5. The van der Waals surface area contributed by atoms with Crippen molar-refractivity contribution in [2.24, 2.45) is 11.7 Å². The summed E-state index contributed by atoms with van der Waals surface area (Å²) in [6.07, 6.45) is -4.20. The number of carboxylic acid groups (broad SMARTS) is 1. The highest BCUT2D eigenvalue weighted by molar-refractivity contribution is 7.86. The number of benzene rings is 2. The second-order valence-corrected chi connectivity index (χ2v) is 10.9. The molecule has 2 fully saturated rings. The van der Waals surface area contributed by atoms with Crippen LogP contribution in [0.1, 0.15) is 23.5 Å². The number of hydrogen-bond donors (Lipinski definition) is 2. The van der Waals surface area contributed by atoms with E-state index in [9.17, 15) is 21.6 Å². The maximum atomic E-state index is 13.4. The van der Waals surface area contributed by atoms with E-state index < -0.39 is 22.4 Å². The Labute approximate surface area is 220 Å². The fourth-order valence-corrected chi connectivity index (χ4v) is 6.06. The van der Waals surface area contributed by atoms with E-state index in [1.54, 1.807) is 8.61 Å². The summed E-state index contributed by atoms with van der Waals surface area (Å²) >= 11 is 0. The second-order valence-electron chi connectivity index (χ2n) is 9.01. The first-order valence-corrected chi connectivity index (χ1v) is 13.5. The molecule has 0 bridgehead atoms. The Hall–Kier alpha value is -2.71. The third-order valence-corrected chi connectivity index (χ3v) is 8.23. The van der Waals surface area contributed by atoms with Crippen LogP contribution < -0.4 is 10.5 Å². The van der Waals surface area contributed by atoms with Crippen molar-refractivity contribution in [1.82, 2.24) is 8.61 Å². The lowest BCUT2D eigenvalue weighted by molar-refractivity contribution is -0.192. The smallest absolute Gasteiger partial charge is 0.490 e. The Morgan fingerprint density at radius 1 is 1.05 bits per heavy atom. The van der Waals surface area contributed by atoms with Crippen molar-refractivity contribution >= 4 is 16.2 Å². The van der Waals surface area contributed by atoms with E-state index >= 15 is 0 Å². The predicted molar refractivity (Wildman–Crippen MR) is 134 cm³/mol. The van der Waals surface area contributed by atoms with Crippen molar-refractivity contribution < 1.29 is 41.0 Å². The van der Waals surface area contributed by atoms with Gasteiger partial charge in [0.2, 0.25) is 0 Å². The molecule has 2 saturated heterocycles. The zero-order chi connectivity index (χ0) is 27.8. The number of nitrogens with zero attached hydrogens (tertiary/aromatic N) is 2. The summed E-state index contributed by atoms with van der Waals surface area (Å²) in [5.41, 5.74) is 7.91. The molecule has 2 aliphatic heterocycles. The standard InChI is InChI=1S/C23H31N3O4S.C2HF3O2/c24-15-19-5-4-8-23(14-19)30-18-20-13-22(21-6-2-1-3-7-21)17-26(16-20)31(27,28)25-9-11-29-12-10-25;3-2(4,5)1(6)7/h1-8,14,20,22H,9-13,15-18,24H2;(H,6,7)/t20-,22+;/m0./s1. The number of rotatable bonds is 7. The zero-order valence-electron chi connectivity index (χ0n) is 20.7. The van der Waals surface area contributed by atoms with E-state index in [1.807, 2.05) is 42.5 Å². The highest BCUT2D eigenvalue weighted by atomic mass is 32.2. The number of carbonyl (C=O) groups is 1. The normalized spacial score (nSPS) is 21.3. The molecule has 2 aromatic rings. The molecule has 0 amide bonds. The van der Waals surface area contributed by atoms with Crippen LogP contribution in [0.5, 0.6) is 5.75 Å². The number of carboxylic acids is 1. The van der Waals surface area contributed by atoms with Gasteiger partial charge >= 0.3 is 12.1 Å². The Morgan fingerprint density at radius 2 is 1.71 bits per heavy atom. The summed E-state index contributed by atoms with van der Waals surface area (Å²) in [6.45, 7) is 3.57. The molecule has 0 saturated carbocycles. The van der Waals surface area contributed by atoms with Gasteiger partial charge in [-0.25, -0.2) is 4.79 Å².